The number of alkyl halides is 1. The van der Waals surface area contributed by atoms with Gasteiger partial charge < -0.3 is 5.32 Å². The number of hydrogen-bond acceptors (Lipinski definition) is 2. The van der Waals surface area contributed by atoms with Crippen LogP contribution in [-0.2, 0) is 6.42 Å². The van der Waals surface area contributed by atoms with Crippen LogP contribution in [0.4, 0.5) is 5.82 Å². The number of halogens is 3. The Balaban J connectivity index is 1.91. The molecule has 0 fully saturated rings. The maximum absolute atomic E-state index is 6.42. The molecule has 0 amide bonds. The number of nitrogens with one attached hydrogen (secondary N) is 1. The van der Waals surface area contributed by atoms with Crippen molar-refractivity contribution in [3.8, 4) is 0 Å². The van der Waals surface area contributed by atoms with Crippen molar-refractivity contribution in [2.24, 2.45) is 0 Å². The molecule has 3 rings (SSSR count). The molecule has 2 nitrogen and oxygen atoms in total. The largest absolute Gasteiger partial charge is 0.361 e. The second-order valence-electron chi connectivity index (χ2n) is 4.52. The van der Waals surface area contributed by atoms with Crippen LogP contribution >= 0.6 is 34.8 Å². The summed E-state index contributed by atoms with van der Waals surface area (Å²) in [6, 6.07) is 9.91. The minimum absolute atomic E-state index is 0.00838. The van der Waals surface area contributed by atoms with Crippen molar-refractivity contribution in [3.63, 3.8) is 0 Å². The average Bonchev–Trinajstić information content (AvgIpc) is 2.69. The number of benzene rings is 1. The predicted octanol–water partition coefficient (Wildman–Crippen LogP) is 4.71. The van der Waals surface area contributed by atoms with Crippen LogP contribution in [0.5, 0.6) is 0 Å². The molecule has 1 aliphatic rings. The highest BCUT2D eigenvalue weighted by Gasteiger charge is 2.31. The quantitative estimate of drug-likeness (QED) is 0.813. The molecule has 19 heavy (non-hydrogen) atoms. The van der Waals surface area contributed by atoms with Crippen LogP contribution in [0, 0.1) is 0 Å². The first-order valence-electron chi connectivity index (χ1n) is 5.94. The van der Waals surface area contributed by atoms with E-state index in [4.69, 9.17) is 34.8 Å². The molecule has 1 heterocycles. The third-order valence-corrected chi connectivity index (χ3v) is 4.17. The summed E-state index contributed by atoms with van der Waals surface area (Å²) in [6.45, 7) is 0. The zero-order valence-electron chi connectivity index (χ0n) is 9.91. The van der Waals surface area contributed by atoms with Crippen LogP contribution in [0.2, 0.25) is 10.0 Å². The van der Waals surface area contributed by atoms with E-state index in [1.807, 2.05) is 12.1 Å². The molecule has 0 spiro atoms. The van der Waals surface area contributed by atoms with Crippen LogP contribution in [-0.4, -0.2) is 10.4 Å². The van der Waals surface area contributed by atoms with E-state index in [2.05, 4.69) is 22.4 Å². The summed E-state index contributed by atoms with van der Waals surface area (Å²) in [5, 5.41) is 4.32. The van der Waals surface area contributed by atoms with Crippen molar-refractivity contribution < 1.29 is 0 Å². The minimum atomic E-state index is -0.00838. The molecule has 0 aliphatic heterocycles. The molecule has 1 aliphatic carbocycles. The Morgan fingerprint density at radius 3 is 2.79 bits per heavy atom. The third-order valence-electron chi connectivity index (χ3n) is 3.27. The number of rotatable bonds is 2. The van der Waals surface area contributed by atoms with E-state index < -0.39 is 0 Å². The Kier molecular flexibility index (Phi) is 3.57. The molecular weight excluding hydrogens is 303 g/mol. The van der Waals surface area contributed by atoms with Gasteiger partial charge in [0, 0.05) is 6.20 Å². The predicted molar refractivity (Wildman–Crippen MR) is 80.4 cm³/mol. The Morgan fingerprint density at radius 2 is 2.00 bits per heavy atom. The smallest absolute Gasteiger partial charge is 0.145 e. The molecule has 0 saturated heterocycles. The zero-order chi connectivity index (χ0) is 13.4. The average molecular weight is 314 g/mol. The topological polar surface area (TPSA) is 24.9 Å². The van der Waals surface area contributed by atoms with Gasteiger partial charge in [0.05, 0.1) is 21.5 Å². The zero-order valence-corrected chi connectivity index (χ0v) is 12.2. The maximum Gasteiger partial charge on any atom is 0.145 e. The van der Waals surface area contributed by atoms with Crippen molar-refractivity contribution in [1.29, 1.82) is 0 Å². The van der Waals surface area contributed by atoms with Gasteiger partial charge in [-0.15, -0.1) is 11.6 Å². The second-order valence-corrected chi connectivity index (χ2v) is 5.93. The van der Waals surface area contributed by atoms with Crippen molar-refractivity contribution in [3.05, 3.63) is 57.7 Å². The van der Waals surface area contributed by atoms with Crippen molar-refractivity contribution in [1.82, 2.24) is 4.98 Å². The molecule has 1 N–H and O–H groups in total. The number of pyridine rings is 1. The van der Waals surface area contributed by atoms with E-state index >= 15 is 0 Å². The highest BCUT2D eigenvalue weighted by Crippen LogP contribution is 2.38. The lowest BCUT2D eigenvalue weighted by molar-refractivity contribution is 0.767. The summed E-state index contributed by atoms with van der Waals surface area (Å²) in [6.07, 6.45) is 2.42. The number of aromatic nitrogens is 1. The molecule has 98 valence electrons. The molecule has 1 aromatic heterocycles. The first-order valence-corrected chi connectivity index (χ1v) is 7.14. The van der Waals surface area contributed by atoms with E-state index in [-0.39, 0.29) is 11.4 Å². The molecule has 2 aromatic rings. The first-order chi connectivity index (χ1) is 9.15. The van der Waals surface area contributed by atoms with Gasteiger partial charge in [-0.1, -0.05) is 47.5 Å². The number of anilines is 1. The fourth-order valence-electron chi connectivity index (χ4n) is 2.38. The molecule has 0 bridgehead atoms. The molecule has 2 unspecified atom stereocenters. The number of nitrogens with zero attached hydrogens (tertiary/aromatic N) is 1. The van der Waals surface area contributed by atoms with Crippen LogP contribution in [0.1, 0.15) is 17.2 Å². The van der Waals surface area contributed by atoms with Gasteiger partial charge in [0.25, 0.3) is 0 Å². The summed E-state index contributed by atoms with van der Waals surface area (Å²) in [5.74, 6) is 0.610. The van der Waals surface area contributed by atoms with E-state index in [0.29, 0.717) is 15.9 Å². The lowest BCUT2D eigenvalue weighted by Gasteiger charge is -2.18. The van der Waals surface area contributed by atoms with Gasteiger partial charge in [-0.05, 0) is 23.6 Å². The van der Waals surface area contributed by atoms with Crippen molar-refractivity contribution in [2.45, 2.75) is 17.8 Å². The molecule has 2 atom stereocenters. The third kappa shape index (κ3) is 2.53. The Morgan fingerprint density at radius 1 is 1.21 bits per heavy atom. The number of fused-ring (bicyclic) bond motifs is 1. The fraction of sp³-hybridized carbons (Fsp3) is 0.214. The van der Waals surface area contributed by atoms with Gasteiger partial charge in [0.15, 0.2) is 0 Å². The maximum atomic E-state index is 6.42. The highest BCUT2D eigenvalue weighted by molar-refractivity contribution is 6.36. The normalized spacial score (nSPS) is 21.2. The molecule has 0 radical (unpaired) electrons. The van der Waals surface area contributed by atoms with Gasteiger partial charge in [0.1, 0.15) is 5.82 Å². The van der Waals surface area contributed by atoms with E-state index in [0.717, 1.165) is 6.42 Å². The van der Waals surface area contributed by atoms with Gasteiger partial charge >= 0.3 is 0 Å². The van der Waals surface area contributed by atoms with E-state index in [9.17, 15) is 0 Å². The fourth-order valence-corrected chi connectivity index (χ4v) is 3.18. The van der Waals surface area contributed by atoms with E-state index in [1.165, 1.54) is 11.1 Å². The lowest BCUT2D eigenvalue weighted by atomic mass is 10.1. The lowest BCUT2D eigenvalue weighted by Crippen LogP contribution is -2.17. The number of hydrogen-bond donors (Lipinski definition) is 1. The summed E-state index contributed by atoms with van der Waals surface area (Å²) >= 11 is 18.4. The summed E-state index contributed by atoms with van der Waals surface area (Å²) in [4.78, 5) is 4.22. The molecule has 0 saturated carbocycles. The van der Waals surface area contributed by atoms with Crippen LogP contribution in [0.25, 0.3) is 0 Å². The second kappa shape index (κ2) is 5.20. The summed E-state index contributed by atoms with van der Waals surface area (Å²) in [5.41, 5.74) is 2.47. The van der Waals surface area contributed by atoms with Crippen molar-refractivity contribution >= 4 is 40.6 Å². The first kappa shape index (κ1) is 13.0. The minimum Gasteiger partial charge on any atom is -0.361 e. The standard InChI is InChI=1S/C14H11Cl3N2/c15-9-6-12(17)14(18-7-9)19-13-10-4-2-1-3-8(10)5-11(13)16/h1-4,6-7,11,13H,5H2,(H,18,19). The van der Waals surface area contributed by atoms with Crippen molar-refractivity contribution in [2.75, 3.05) is 5.32 Å². The Hall–Kier alpha value is -0.960. The van der Waals surface area contributed by atoms with Crippen LogP contribution in [0.3, 0.4) is 0 Å². The SMILES string of the molecule is Clc1cnc(NC2c3ccccc3CC2Cl)c(Cl)c1. The van der Waals surface area contributed by atoms with Gasteiger partial charge in [-0.25, -0.2) is 4.98 Å². The van der Waals surface area contributed by atoms with E-state index in [1.54, 1.807) is 12.3 Å². The molecule has 5 heteroatoms. The summed E-state index contributed by atoms with van der Waals surface area (Å²) < 4.78 is 0. The molecular formula is C14H11Cl3N2. The van der Waals surface area contributed by atoms with Crippen LogP contribution < -0.4 is 5.32 Å². The highest BCUT2D eigenvalue weighted by atomic mass is 35.5. The van der Waals surface area contributed by atoms with Gasteiger partial charge in [-0.3, -0.25) is 0 Å². The van der Waals surface area contributed by atoms with Gasteiger partial charge in [0.2, 0.25) is 0 Å². The molecule has 1 aromatic carbocycles. The monoisotopic (exact) mass is 312 g/mol. The van der Waals surface area contributed by atoms with Gasteiger partial charge in [-0.2, -0.15) is 0 Å². The Labute approximate surface area is 126 Å². The Bertz CT molecular complexity index is 615. The summed E-state index contributed by atoms with van der Waals surface area (Å²) in [7, 11) is 0. The van der Waals surface area contributed by atoms with Crippen LogP contribution in [0.15, 0.2) is 36.5 Å².